The highest BCUT2D eigenvalue weighted by Gasteiger charge is 2.11. The Labute approximate surface area is 95.8 Å². The molecule has 0 fully saturated rings. The van der Waals surface area contributed by atoms with Crippen LogP contribution in [0.25, 0.3) is 0 Å². The summed E-state index contributed by atoms with van der Waals surface area (Å²) in [4.78, 5) is 10.7. The fraction of sp³-hybridized carbons (Fsp3) is 0.417. The van der Waals surface area contributed by atoms with Gasteiger partial charge in [-0.05, 0) is 19.9 Å². The third-order valence-corrected chi connectivity index (χ3v) is 2.43. The van der Waals surface area contributed by atoms with Crippen molar-refractivity contribution >= 4 is 5.91 Å². The maximum absolute atomic E-state index is 10.7. The molecule has 0 saturated carbocycles. The van der Waals surface area contributed by atoms with Gasteiger partial charge in [0.1, 0.15) is 5.75 Å². The molecule has 1 aromatic carbocycles. The van der Waals surface area contributed by atoms with Crippen LogP contribution in [0.4, 0.5) is 0 Å². The third kappa shape index (κ3) is 3.24. The smallest absolute Gasteiger partial charge is 0.231 e. The van der Waals surface area contributed by atoms with Gasteiger partial charge in [0, 0.05) is 11.6 Å². The molecule has 0 aliphatic heterocycles. The molecule has 0 aliphatic rings. The standard InChI is InChI=1S/C12H18N2O2/c1-8-4-5-11(16-3)10(6-8)9(2)14-7-12(13)15/h4-6,9,14H,7H2,1-3H3,(H2,13,15). The number of hydrogen-bond acceptors (Lipinski definition) is 3. The van der Waals surface area contributed by atoms with Crippen LogP contribution >= 0.6 is 0 Å². The van der Waals surface area contributed by atoms with Crippen molar-refractivity contribution in [2.75, 3.05) is 13.7 Å². The number of methoxy groups -OCH3 is 1. The number of nitrogens with one attached hydrogen (secondary N) is 1. The first-order valence-electron chi connectivity index (χ1n) is 5.21. The van der Waals surface area contributed by atoms with Crippen molar-refractivity contribution in [3.05, 3.63) is 29.3 Å². The Morgan fingerprint density at radius 2 is 2.25 bits per heavy atom. The molecule has 1 atom stereocenters. The molecule has 1 unspecified atom stereocenters. The van der Waals surface area contributed by atoms with E-state index in [2.05, 4.69) is 5.32 Å². The lowest BCUT2D eigenvalue weighted by Gasteiger charge is -2.17. The van der Waals surface area contributed by atoms with Crippen molar-refractivity contribution in [2.45, 2.75) is 19.9 Å². The minimum absolute atomic E-state index is 0.0300. The van der Waals surface area contributed by atoms with Crippen LogP contribution in [0.2, 0.25) is 0 Å². The molecule has 0 aromatic heterocycles. The van der Waals surface area contributed by atoms with Gasteiger partial charge in [-0.15, -0.1) is 0 Å². The number of carbonyl (C=O) groups excluding carboxylic acids is 1. The molecule has 4 heteroatoms. The molecule has 0 heterocycles. The molecule has 4 nitrogen and oxygen atoms in total. The maximum Gasteiger partial charge on any atom is 0.231 e. The van der Waals surface area contributed by atoms with Crippen LogP contribution in [0, 0.1) is 6.92 Å². The van der Waals surface area contributed by atoms with Crippen molar-refractivity contribution in [1.82, 2.24) is 5.32 Å². The Balaban J connectivity index is 2.84. The van der Waals surface area contributed by atoms with Crippen molar-refractivity contribution in [2.24, 2.45) is 5.73 Å². The van der Waals surface area contributed by atoms with Gasteiger partial charge in [-0.3, -0.25) is 4.79 Å². The quantitative estimate of drug-likeness (QED) is 0.785. The molecule has 1 aromatic rings. The summed E-state index contributed by atoms with van der Waals surface area (Å²) < 4.78 is 5.27. The summed E-state index contributed by atoms with van der Waals surface area (Å²) in [7, 11) is 1.63. The first-order valence-corrected chi connectivity index (χ1v) is 5.21. The second-order valence-corrected chi connectivity index (χ2v) is 3.81. The van der Waals surface area contributed by atoms with Gasteiger partial charge >= 0.3 is 0 Å². The van der Waals surface area contributed by atoms with E-state index in [1.807, 2.05) is 32.0 Å². The normalized spacial score (nSPS) is 12.2. The summed E-state index contributed by atoms with van der Waals surface area (Å²) in [5, 5.41) is 3.05. The van der Waals surface area contributed by atoms with Crippen LogP contribution in [-0.4, -0.2) is 19.6 Å². The molecule has 1 rings (SSSR count). The van der Waals surface area contributed by atoms with Crippen LogP contribution in [-0.2, 0) is 4.79 Å². The van der Waals surface area contributed by atoms with Crippen LogP contribution in [0.3, 0.4) is 0 Å². The first kappa shape index (κ1) is 12.5. The Hall–Kier alpha value is -1.55. The predicted molar refractivity (Wildman–Crippen MR) is 63.3 cm³/mol. The number of nitrogens with two attached hydrogens (primary N) is 1. The van der Waals surface area contributed by atoms with Crippen LogP contribution in [0.5, 0.6) is 5.75 Å². The summed E-state index contributed by atoms with van der Waals surface area (Å²) in [5.41, 5.74) is 7.27. The number of primary amides is 1. The van der Waals surface area contributed by atoms with Crippen molar-refractivity contribution in [3.8, 4) is 5.75 Å². The van der Waals surface area contributed by atoms with E-state index in [0.717, 1.165) is 16.9 Å². The largest absolute Gasteiger partial charge is 0.496 e. The van der Waals surface area contributed by atoms with E-state index < -0.39 is 0 Å². The monoisotopic (exact) mass is 222 g/mol. The average molecular weight is 222 g/mol. The van der Waals surface area contributed by atoms with E-state index in [-0.39, 0.29) is 18.5 Å². The van der Waals surface area contributed by atoms with Crippen LogP contribution in [0.15, 0.2) is 18.2 Å². The maximum atomic E-state index is 10.7. The second-order valence-electron chi connectivity index (χ2n) is 3.81. The van der Waals surface area contributed by atoms with Gasteiger partial charge in [-0.2, -0.15) is 0 Å². The lowest BCUT2D eigenvalue weighted by atomic mass is 10.0. The summed E-state index contributed by atoms with van der Waals surface area (Å²) in [5.74, 6) is 0.452. The number of carbonyl (C=O) groups is 1. The fourth-order valence-electron chi connectivity index (χ4n) is 1.56. The Kier molecular flexibility index (Phi) is 4.31. The number of aryl methyl sites for hydroxylation is 1. The number of rotatable bonds is 5. The predicted octanol–water partition coefficient (Wildman–Crippen LogP) is 1.14. The first-order chi connectivity index (χ1) is 7.54. The number of benzene rings is 1. The number of amides is 1. The Morgan fingerprint density at radius 3 is 2.81 bits per heavy atom. The third-order valence-electron chi connectivity index (χ3n) is 2.43. The highest BCUT2D eigenvalue weighted by Crippen LogP contribution is 2.25. The van der Waals surface area contributed by atoms with Crippen LogP contribution in [0.1, 0.15) is 24.1 Å². The van der Waals surface area contributed by atoms with E-state index in [1.165, 1.54) is 0 Å². The number of ether oxygens (including phenoxy) is 1. The van der Waals surface area contributed by atoms with Gasteiger partial charge < -0.3 is 15.8 Å². The van der Waals surface area contributed by atoms with E-state index in [4.69, 9.17) is 10.5 Å². The molecular formula is C12H18N2O2. The summed E-state index contributed by atoms with van der Waals surface area (Å²) >= 11 is 0. The molecule has 1 amide bonds. The Bertz CT molecular complexity index is 377. The molecule has 0 bridgehead atoms. The van der Waals surface area contributed by atoms with Crippen molar-refractivity contribution < 1.29 is 9.53 Å². The van der Waals surface area contributed by atoms with Gasteiger partial charge in [0.2, 0.25) is 5.91 Å². The van der Waals surface area contributed by atoms with Gasteiger partial charge in [-0.1, -0.05) is 17.7 Å². The molecule has 16 heavy (non-hydrogen) atoms. The van der Waals surface area contributed by atoms with E-state index in [1.54, 1.807) is 7.11 Å². The minimum atomic E-state index is -0.363. The number of hydrogen-bond donors (Lipinski definition) is 2. The molecule has 0 radical (unpaired) electrons. The highest BCUT2D eigenvalue weighted by molar-refractivity contribution is 5.75. The fourth-order valence-corrected chi connectivity index (χ4v) is 1.56. The van der Waals surface area contributed by atoms with E-state index in [0.29, 0.717) is 0 Å². The summed E-state index contributed by atoms with van der Waals surface area (Å²) in [6.07, 6.45) is 0. The zero-order valence-corrected chi connectivity index (χ0v) is 9.91. The Morgan fingerprint density at radius 1 is 1.56 bits per heavy atom. The zero-order valence-electron chi connectivity index (χ0n) is 9.91. The topological polar surface area (TPSA) is 64.3 Å². The molecule has 3 N–H and O–H groups in total. The second kappa shape index (κ2) is 5.51. The minimum Gasteiger partial charge on any atom is -0.496 e. The lowest BCUT2D eigenvalue weighted by molar-refractivity contribution is -0.117. The highest BCUT2D eigenvalue weighted by atomic mass is 16.5. The van der Waals surface area contributed by atoms with Crippen LogP contribution < -0.4 is 15.8 Å². The van der Waals surface area contributed by atoms with E-state index >= 15 is 0 Å². The molecule has 0 spiro atoms. The van der Waals surface area contributed by atoms with Gasteiger partial charge in [0.25, 0.3) is 0 Å². The van der Waals surface area contributed by atoms with Crippen molar-refractivity contribution in [1.29, 1.82) is 0 Å². The molecule has 0 aliphatic carbocycles. The summed E-state index contributed by atoms with van der Waals surface area (Å²) in [6, 6.07) is 5.98. The van der Waals surface area contributed by atoms with E-state index in [9.17, 15) is 4.79 Å². The molecule has 88 valence electrons. The summed E-state index contributed by atoms with van der Waals surface area (Å²) in [6.45, 7) is 4.16. The van der Waals surface area contributed by atoms with Gasteiger partial charge in [0.15, 0.2) is 0 Å². The SMILES string of the molecule is COc1ccc(C)cc1C(C)NCC(N)=O. The lowest BCUT2D eigenvalue weighted by Crippen LogP contribution is -2.30. The zero-order chi connectivity index (χ0) is 12.1. The van der Waals surface area contributed by atoms with Gasteiger partial charge in [0.05, 0.1) is 13.7 Å². The van der Waals surface area contributed by atoms with Crippen molar-refractivity contribution in [3.63, 3.8) is 0 Å². The van der Waals surface area contributed by atoms with Gasteiger partial charge in [-0.25, -0.2) is 0 Å². The average Bonchev–Trinajstić information content (AvgIpc) is 2.25. The molecule has 0 saturated heterocycles. The molecular weight excluding hydrogens is 204 g/mol.